The fourth-order valence-corrected chi connectivity index (χ4v) is 11.5. The maximum Gasteiger partial charge on any atom is 0.146 e. The summed E-state index contributed by atoms with van der Waals surface area (Å²) in [5.74, 6) is 0. The zero-order valence-corrected chi connectivity index (χ0v) is 34.8. The van der Waals surface area contributed by atoms with Gasteiger partial charge < -0.3 is 9.88 Å². The van der Waals surface area contributed by atoms with E-state index in [9.17, 15) is 0 Å². The van der Waals surface area contributed by atoms with Crippen LogP contribution < -0.4 is 5.32 Å². The molecule has 11 aromatic rings. The summed E-state index contributed by atoms with van der Waals surface area (Å²) in [5.41, 5.74) is 19.0. The quantitative estimate of drug-likeness (QED) is 0.188. The van der Waals surface area contributed by atoms with Gasteiger partial charge in [-0.15, -0.1) is 0 Å². The third-order valence-corrected chi connectivity index (χ3v) is 14.2. The van der Waals surface area contributed by atoms with E-state index in [1.54, 1.807) is 0 Å². The summed E-state index contributed by atoms with van der Waals surface area (Å²) in [5, 5.41) is 11.3. The van der Waals surface area contributed by atoms with E-state index >= 15 is 0 Å². The fourth-order valence-electron chi connectivity index (χ4n) is 11.5. The number of allylic oxidation sites excluding steroid dienone is 1. The van der Waals surface area contributed by atoms with Crippen molar-refractivity contribution in [1.29, 1.82) is 0 Å². The molecule has 2 aliphatic carbocycles. The molecule has 3 heteroatoms. The highest BCUT2D eigenvalue weighted by atomic mass is 15.1. The van der Waals surface area contributed by atoms with Crippen molar-refractivity contribution in [1.82, 2.24) is 9.88 Å². The zero-order valence-electron chi connectivity index (χ0n) is 34.8. The van der Waals surface area contributed by atoms with Crippen LogP contribution in [0.1, 0.15) is 45.1 Å². The summed E-state index contributed by atoms with van der Waals surface area (Å²) < 4.78 is 2.46. The van der Waals surface area contributed by atoms with Crippen LogP contribution in [0.4, 0.5) is 0 Å². The van der Waals surface area contributed by atoms with Gasteiger partial charge in [-0.25, -0.2) is 0 Å². The predicted molar refractivity (Wildman–Crippen MR) is 265 cm³/mol. The van der Waals surface area contributed by atoms with E-state index in [-0.39, 0.29) is 6.17 Å². The second-order valence-electron chi connectivity index (χ2n) is 17.4. The molecule has 3 nitrogen and oxygen atoms in total. The lowest BCUT2D eigenvalue weighted by molar-refractivity contribution is 0.669. The molecular formula is C61H39N3. The predicted octanol–water partition coefficient (Wildman–Crippen LogP) is 14.6. The maximum absolute atomic E-state index is 5.68. The van der Waals surface area contributed by atoms with Gasteiger partial charge in [0.1, 0.15) is 6.17 Å². The standard InChI is InChI=1S/C61H39N3/c1-2-16-38(17-3-1)55-37-56(41-30-31-46-45-23-10-14-28-53(45)61(54(46)35-41)51-26-12-8-21-43(51)44-22-9-13-27-52(44)61)63-60(62-55)49-32-33-58(47-24-7-6-20-42(47)49)64-57-29-15-11-25-48(57)50-34-39-18-4-5-19-40(39)36-59(50)64/h1-37,60,62H. The van der Waals surface area contributed by atoms with E-state index in [0.717, 1.165) is 33.8 Å². The third-order valence-electron chi connectivity index (χ3n) is 14.2. The van der Waals surface area contributed by atoms with Gasteiger partial charge in [0.05, 0.1) is 27.8 Å². The molecule has 1 aliphatic heterocycles. The van der Waals surface area contributed by atoms with E-state index in [0.29, 0.717) is 0 Å². The van der Waals surface area contributed by atoms with Gasteiger partial charge in [-0.05, 0) is 103 Å². The number of para-hydroxylation sites is 1. The number of benzene rings is 10. The molecule has 1 aromatic heterocycles. The number of aromatic nitrogens is 1. The fraction of sp³-hybridized carbons (Fsp3) is 0.0328. The van der Waals surface area contributed by atoms with Crippen LogP contribution in [-0.4, -0.2) is 10.3 Å². The largest absolute Gasteiger partial charge is 0.359 e. The van der Waals surface area contributed by atoms with Gasteiger partial charge in [-0.2, -0.15) is 0 Å². The molecule has 1 spiro atoms. The Kier molecular flexibility index (Phi) is 7.38. The summed E-state index contributed by atoms with van der Waals surface area (Å²) in [6.07, 6.45) is 1.90. The Hall–Kier alpha value is -8.27. The minimum absolute atomic E-state index is 0.344. The normalized spacial score (nSPS) is 15.5. The van der Waals surface area contributed by atoms with Crippen molar-refractivity contribution in [2.24, 2.45) is 4.99 Å². The molecule has 1 unspecified atom stereocenters. The number of hydrogen-bond donors (Lipinski definition) is 1. The van der Waals surface area contributed by atoms with Crippen LogP contribution >= 0.6 is 0 Å². The highest BCUT2D eigenvalue weighted by molar-refractivity contribution is 6.16. The Bertz CT molecular complexity index is 3770. The third kappa shape index (κ3) is 4.84. The monoisotopic (exact) mass is 813 g/mol. The molecule has 14 rings (SSSR count). The number of nitrogens with one attached hydrogen (secondary N) is 1. The lowest BCUT2D eigenvalue weighted by atomic mass is 9.70. The van der Waals surface area contributed by atoms with Gasteiger partial charge in [0.2, 0.25) is 0 Å². The highest BCUT2D eigenvalue weighted by Gasteiger charge is 2.51. The lowest BCUT2D eigenvalue weighted by Crippen LogP contribution is -2.27. The van der Waals surface area contributed by atoms with E-state index in [1.165, 1.54) is 87.9 Å². The Morgan fingerprint density at radius 1 is 0.406 bits per heavy atom. The van der Waals surface area contributed by atoms with Crippen molar-refractivity contribution < 1.29 is 0 Å². The topological polar surface area (TPSA) is 29.3 Å². The second-order valence-corrected chi connectivity index (χ2v) is 17.4. The smallest absolute Gasteiger partial charge is 0.146 e. The summed E-state index contributed by atoms with van der Waals surface area (Å²) in [7, 11) is 0. The molecule has 2 heterocycles. The van der Waals surface area contributed by atoms with Crippen molar-refractivity contribution in [2.45, 2.75) is 11.6 Å². The number of aliphatic imine (C=N–C) groups is 1. The summed E-state index contributed by atoms with van der Waals surface area (Å²) in [6.45, 7) is 0. The van der Waals surface area contributed by atoms with Crippen molar-refractivity contribution in [3.8, 4) is 27.9 Å². The maximum atomic E-state index is 5.68. The van der Waals surface area contributed by atoms with Gasteiger partial charge in [-0.1, -0.05) is 188 Å². The van der Waals surface area contributed by atoms with Crippen LogP contribution in [0.3, 0.4) is 0 Å². The average molecular weight is 814 g/mol. The van der Waals surface area contributed by atoms with Crippen molar-refractivity contribution in [3.05, 3.63) is 263 Å². The van der Waals surface area contributed by atoms with Gasteiger partial charge >= 0.3 is 0 Å². The zero-order chi connectivity index (χ0) is 41.9. The van der Waals surface area contributed by atoms with Gasteiger partial charge in [0.25, 0.3) is 0 Å². The molecule has 0 bridgehead atoms. The summed E-state index contributed by atoms with van der Waals surface area (Å²) >= 11 is 0. The van der Waals surface area contributed by atoms with E-state index in [4.69, 9.17) is 4.99 Å². The minimum atomic E-state index is -0.431. The van der Waals surface area contributed by atoms with Crippen LogP contribution in [-0.2, 0) is 5.41 Å². The Morgan fingerprint density at radius 3 is 1.70 bits per heavy atom. The molecule has 1 atom stereocenters. The summed E-state index contributed by atoms with van der Waals surface area (Å²) in [6, 6.07) is 80.4. The molecular weight excluding hydrogens is 775 g/mol. The Morgan fingerprint density at radius 2 is 0.984 bits per heavy atom. The van der Waals surface area contributed by atoms with Crippen LogP contribution in [0.2, 0.25) is 0 Å². The first kappa shape index (κ1) is 35.3. The number of rotatable bonds is 4. The molecule has 1 N–H and O–H groups in total. The molecule has 0 radical (unpaired) electrons. The highest BCUT2D eigenvalue weighted by Crippen LogP contribution is 2.62. The summed E-state index contributed by atoms with van der Waals surface area (Å²) in [4.78, 5) is 5.68. The average Bonchev–Trinajstić information content (AvgIpc) is 3.96. The SMILES string of the molecule is C1=C(c2ccccc2)NC(c2ccc(-n3c4ccccc4c4cc5ccccc5cc43)c3ccccc23)N=C1c1ccc2c(c1)C1(c3ccccc3-c3ccccc31)c1ccccc1-2. The molecule has 0 fully saturated rings. The molecule has 0 amide bonds. The minimum Gasteiger partial charge on any atom is -0.359 e. The van der Waals surface area contributed by atoms with Crippen molar-refractivity contribution >= 4 is 54.8 Å². The molecule has 0 saturated heterocycles. The number of nitrogens with zero attached hydrogens (tertiary/aromatic N) is 2. The molecule has 64 heavy (non-hydrogen) atoms. The van der Waals surface area contributed by atoms with Crippen LogP contribution in [0.25, 0.3) is 77.0 Å². The molecule has 298 valence electrons. The van der Waals surface area contributed by atoms with E-state index in [2.05, 4.69) is 234 Å². The van der Waals surface area contributed by atoms with Crippen molar-refractivity contribution in [2.75, 3.05) is 0 Å². The van der Waals surface area contributed by atoms with Gasteiger partial charge in [0, 0.05) is 33.0 Å². The van der Waals surface area contributed by atoms with Gasteiger partial charge in [-0.3, -0.25) is 4.99 Å². The number of hydrogen-bond acceptors (Lipinski definition) is 2. The molecule has 0 saturated carbocycles. The first-order valence-electron chi connectivity index (χ1n) is 22.2. The molecule has 10 aromatic carbocycles. The Labute approximate surface area is 370 Å². The van der Waals surface area contributed by atoms with Crippen LogP contribution in [0.15, 0.2) is 229 Å². The Balaban J connectivity index is 0.969. The first-order valence-corrected chi connectivity index (χ1v) is 22.2. The van der Waals surface area contributed by atoms with Crippen molar-refractivity contribution in [3.63, 3.8) is 0 Å². The van der Waals surface area contributed by atoms with E-state index < -0.39 is 5.41 Å². The second kappa shape index (κ2) is 13.4. The van der Waals surface area contributed by atoms with Gasteiger partial charge in [0.15, 0.2) is 0 Å². The van der Waals surface area contributed by atoms with Crippen LogP contribution in [0, 0.1) is 0 Å². The molecule has 3 aliphatic rings. The van der Waals surface area contributed by atoms with E-state index in [1.807, 2.05) is 0 Å². The number of fused-ring (bicyclic) bond motifs is 15. The van der Waals surface area contributed by atoms with Crippen LogP contribution in [0.5, 0.6) is 0 Å². The first-order chi connectivity index (χ1) is 31.7. The lowest BCUT2D eigenvalue weighted by Gasteiger charge is -2.31.